The van der Waals surface area contributed by atoms with Crippen molar-refractivity contribution in [2.45, 2.75) is 26.2 Å². The third kappa shape index (κ3) is 3.14. The first-order valence-electron chi connectivity index (χ1n) is 4.76. The number of aryl methyl sites for hydroxylation is 1. The van der Waals surface area contributed by atoms with Gasteiger partial charge in [-0.3, -0.25) is 4.79 Å². The van der Waals surface area contributed by atoms with Crippen LogP contribution in [0.2, 0.25) is 0 Å². The first kappa shape index (κ1) is 11.2. The van der Waals surface area contributed by atoms with Gasteiger partial charge < -0.3 is 5.32 Å². The van der Waals surface area contributed by atoms with Gasteiger partial charge in [0.15, 0.2) is 0 Å². The summed E-state index contributed by atoms with van der Waals surface area (Å²) in [5, 5.41) is 2.63. The van der Waals surface area contributed by atoms with Gasteiger partial charge in [0.25, 0.3) is 0 Å². The molecule has 0 radical (unpaired) electrons. The summed E-state index contributed by atoms with van der Waals surface area (Å²) in [6.45, 7) is 2.18. The van der Waals surface area contributed by atoms with Crippen molar-refractivity contribution in [1.29, 1.82) is 0 Å². The Hall–Kier alpha value is -0.830. The molecule has 2 nitrogen and oxygen atoms in total. The first-order chi connectivity index (χ1) is 6.77. The fourth-order valence-electron chi connectivity index (χ4n) is 1.28. The average molecular weight is 256 g/mol. The number of rotatable bonds is 5. The lowest BCUT2D eigenvalue weighted by molar-refractivity contribution is -0.105. The minimum atomic E-state index is 0.686. The van der Waals surface area contributed by atoms with Crippen LogP contribution in [0.3, 0.4) is 0 Å². The molecule has 1 N–H and O–H groups in total. The Morgan fingerprint density at radius 3 is 2.86 bits per heavy atom. The van der Waals surface area contributed by atoms with E-state index in [0.717, 1.165) is 16.6 Å². The zero-order valence-electron chi connectivity index (χ0n) is 8.22. The van der Waals surface area contributed by atoms with Gasteiger partial charge in [0, 0.05) is 4.47 Å². The molecule has 1 amide bonds. The van der Waals surface area contributed by atoms with Crippen molar-refractivity contribution < 1.29 is 4.79 Å². The van der Waals surface area contributed by atoms with Crippen LogP contribution in [0.25, 0.3) is 0 Å². The van der Waals surface area contributed by atoms with Crippen molar-refractivity contribution in [3.8, 4) is 0 Å². The number of unbranched alkanes of at least 4 members (excludes halogenated alkanes) is 1. The van der Waals surface area contributed by atoms with Crippen LogP contribution in [-0.2, 0) is 11.2 Å². The van der Waals surface area contributed by atoms with E-state index >= 15 is 0 Å². The summed E-state index contributed by atoms with van der Waals surface area (Å²) in [6, 6.07) is 6.03. The second-order valence-corrected chi connectivity index (χ2v) is 4.03. The molecule has 0 aromatic heterocycles. The largest absolute Gasteiger partial charge is 0.328 e. The molecule has 14 heavy (non-hydrogen) atoms. The van der Waals surface area contributed by atoms with Crippen molar-refractivity contribution in [3.63, 3.8) is 0 Å². The summed E-state index contributed by atoms with van der Waals surface area (Å²) >= 11 is 3.42. The Kier molecular flexibility index (Phi) is 4.66. The van der Waals surface area contributed by atoms with Crippen molar-refractivity contribution in [2.75, 3.05) is 5.32 Å². The van der Waals surface area contributed by atoms with Gasteiger partial charge in [-0.05, 0) is 46.5 Å². The molecule has 76 valence electrons. The number of anilines is 1. The summed E-state index contributed by atoms with van der Waals surface area (Å²) in [5.74, 6) is 0. The maximum atomic E-state index is 10.3. The molecule has 0 fully saturated rings. The summed E-state index contributed by atoms with van der Waals surface area (Å²) in [7, 11) is 0. The highest BCUT2D eigenvalue weighted by atomic mass is 79.9. The molecule has 0 saturated heterocycles. The summed E-state index contributed by atoms with van der Waals surface area (Å²) in [4.78, 5) is 10.3. The van der Waals surface area contributed by atoms with Gasteiger partial charge in [0.1, 0.15) is 0 Å². The van der Waals surface area contributed by atoms with E-state index in [1.54, 1.807) is 0 Å². The van der Waals surface area contributed by atoms with E-state index in [0.29, 0.717) is 6.41 Å². The SMILES string of the molecule is CCCCc1ccc(NC=O)c(Br)c1. The highest BCUT2D eigenvalue weighted by Gasteiger charge is 1.99. The Labute approximate surface area is 92.8 Å². The molecule has 0 heterocycles. The smallest absolute Gasteiger partial charge is 0.211 e. The Morgan fingerprint density at radius 2 is 2.29 bits per heavy atom. The van der Waals surface area contributed by atoms with E-state index in [1.807, 2.05) is 12.1 Å². The number of carbonyl (C=O) groups excluding carboxylic acids is 1. The molecular weight excluding hydrogens is 242 g/mol. The quantitative estimate of drug-likeness (QED) is 0.804. The first-order valence-corrected chi connectivity index (χ1v) is 5.56. The lowest BCUT2D eigenvalue weighted by Crippen LogP contribution is -1.95. The number of carbonyl (C=O) groups is 1. The lowest BCUT2D eigenvalue weighted by Gasteiger charge is -2.05. The average Bonchev–Trinajstić information content (AvgIpc) is 2.19. The number of nitrogens with one attached hydrogen (secondary N) is 1. The van der Waals surface area contributed by atoms with Gasteiger partial charge in [-0.1, -0.05) is 19.4 Å². The van der Waals surface area contributed by atoms with Gasteiger partial charge in [0.2, 0.25) is 6.41 Å². The van der Waals surface area contributed by atoms with Crippen LogP contribution in [0, 0.1) is 0 Å². The predicted octanol–water partition coefficient (Wildman–Crippen LogP) is 3.36. The third-order valence-electron chi connectivity index (χ3n) is 2.07. The van der Waals surface area contributed by atoms with Crippen LogP contribution in [-0.4, -0.2) is 6.41 Å². The zero-order valence-corrected chi connectivity index (χ0v) is 9.80. The molecule has 0 aliphatic carbocycles. The Morgan fingerprint density at radius 1 is 1.50 bits per heavy atom. The topological polar surface area (TPSA) is 29.1 Å². The number of hydrogen-bond donors (Lipinski definition) is 1. The highest BCUT2D eigenvalue weighted by Crippen LogP contribution is 2.23. The molecule has 0 bridgehead atoms. The minimum Gasteiger partial charge on any atom is -0.328 e. The zero-order chi connectivity index (χ0) is 10.4. The summed E-state index contributed by atoms with van der Waals surface area (Å²) in [6.07, 6.45) is 4.18. The molecule has 0 spiro atoms. The van der Waals surface area contributed by atoms with Crippen LogP contribution < -0.4 is 5.32 Å². The number of benzene rings is 1. The van der Waals surface area contributed by atoms with Crippen LogP contribution >= 0.6 is 15.9 Å². The van der Waals surface area contributed by atoms with E-state index in [-0.39, 0.29) is 0 Å². The summed E-state index contributed by atoms with van der Waals surface area (Å²) < 4.78 is 0.943. The van der Waals surface area contributed by atoms with Crippen molar-refractivity contribution in [1.82, 2.24) is 0 Å². The molecule has 0 saturated carbocycles. The van der Waals surface area contributed by atoms with Crippen molar-refractivity contribution in [2.24, 2.45) is 0 Å². The molecule has 0 atom stereocenters. The van der Waals surface area contributed by atoms with Gasteiger partial charge in [-0.2, -0.15) is 0 Å². The van der Waals surface area contributed by atoms with E-state index in [9.17, 15) is 4.79 Å². The highest BCUT2D eigenvalue weighted by molar-refractivity contribution is 9.10. The van der Waals surface area contributed by atoms with Gasteiger partial charge in [0.05, 0.1) is 5.69 Å². The predicted molar refractivity (Wildman–Crippen MR) is 62.4 cm³/mol. The van der Waals surface area contributed by atoms with Crippen LogP contribution in [0.5, 0.6) is 0 Å². The number of halogens is 1. The van der Waals surface area contributed by atoms with E-state index in [2.05, 4.69) is 34.2 Å². The Bertz CT molecular complexity index is 312. The maximum Gasteiger partial charge on any atom is 0.211 e. The molecule has 0 unspecified atom stereocenters. The molecule has 0 aliphatic heterocycles. The number of hydrogen-bond acceptors (Lipinski definition) is 1. The van der Waals surface area contributed by atoms with Gasteiger partial charge in [-0.25, -0.2) is 0 Å². The Balaban J connectivity index is 2.72. The second-order valence-electron chi connectivity index (χ2n) is 3.18. The lowest BCUT2D eigenvalue weighted by atomic mass is 10.1. The second kappa shape index (κ2) is 5.81. The van der Waals surface area contributed by atoms with E-state index in [4.69, 9.17) is 0 Å². The molecule has 0 aliphatic rings. The third-order valence-corrected chi connectivity index (χ3v) is 2.72. The van der Waals surface area contributed by atoms with Crippen molar-refractivity contribution >= 4 is 28.0 Å². The molecule has 1 aromatic carbocycles. The van der Waals surface area contributed by atoms with Crippen molar-refractivity contribution in [3.05, 3.63) is 28.2 Å². The fraction of sp³-hybridized carbons (Fsp3) is 0.364. The fourth-order valence-corrected chi connectivity index (χ4v) is 1.82. The van der Waals surface area contributed by atoms with E-state index < -0.39 is 0 Å². The van der Waals surface area contributed by atoms with Crippen LogP contribution in [0.1, 0.15) is 25.3 Å². The van der Waals surface area contributed by atoms with Gasteiger partial charge >= 0.3 is 0 Å². The molecule has 1 rings (SSSR count). The molecule has 1 aromatic rings. The number of amides is 1. The van der Waals surface area contributed by atoms with Gasteiger partial charge in [-0.15, -0.1) is 0 Å². The molecule has 3 heteroatoms. The van der Waals surface area contributed by atoms with E-state index in [1.165, 1.54) is 18.4 Å². The van der Waals surface area contributed by atoms with Crippen LogP contribution in [0.15, 0.2) is 22.7 Å². The monoisotopic (exact) mass is 255 g/mol. The van der Waals surface area contributed by atoms with Crippen LogP contribution in [0.4, 0.5) is 5.69 Å². The maximum absolute atomic E-state index is 10.3. The molecular formula is C11H14BrNO. The normalized spacial score (nSPS) is 9.86. The summed E-state index contributed by atoms with van der Waals surface area (Å²) in [5.41, 5.74) is 2.12. The minimum absolute atomic E-state index is 0.686. The standard InChI is InChI=1S/C11H14BrNO/c1-2-3-4-9-5-6-11(13-8-14)10(12)7-9/h5-8H,2-4H2,1H3,(H,13,14).